The lowest BCUT2D eigenvalue weighted by Crippen LogP contribution is -2.27. The Bertz CT molecular complexity index is 428. The minimum atomic E-state index is -0.499. The summed E-state index contributed by atoms with van der Waals surface area (Å²) in [5.74, 6) is 0.204. The number of benzene rings is 1. The van der Waals surface area contributed by atoms with Crippen LogP contribution in [-0.4, -0.2) is 18.2 Å². The molecule has 22 heavy (non-hydrogen) atoms. The van der Waals surface area contributed by atoms with Crippen LogP contribution >= 0.6 is 15.9 Å². The van der Waals surface area contributed by atoms with Gasteiger partial charge in [-0.25, -0.2) is 4.79 Å². The van der Waals surface area contributed by atoms with Crippen LogP contribution in [-0.2, 0) is 16.1 Å². The number of hydrogen-bond donors (Lipinski definition) is 1. The molecule has 0 fully saturated rings. The van der Waals surface area contributed by atoms with E-state index in [0.717, 1.165) is 10.0 Å². The summed E-state index contributed by atoms with van der Waals surface area (Å²) in [6.45, 7) is 13.8. The molecule has 0 saturated heterocycles. The Balaban J connectivity index is 0. The molecule has 0 aliphatic rings. The molecule has 0 amide bonds. The van der Waals surface area contributed by atoms with Gasteiger partial charge in [0, 0.05) is 6.54 Å². The van der Waals surface area contributed by atoms with Crippen LogP contribution in [0.25, 0.3) is 0 Å². The van der Waals surface area contributed by atoms with E-state index in [9.17, 15) is 4.79 Å². The molecule has 0 atom stereocenters. The van der Waals surface area contributed by atoms with Crippen LogP contribution in [0.2, 0.25) is 0 Å². The predicted molar refractivity (Wildman–Crippen MR) is 96.1 cm³/mol. The first-order valence-electron chi connectivity index (χ1n) is 7.65. The number of nitrogens with two attached hydrogens (primary N) is 1. The fraction of sp³-hybridized carbons (Fsp3) is 0.588. The van der Waals surface area contributed by atoms with Gasteiger partial charge in [-0.15, -0.1) is 0 Å². The highest BCUT2D eigenvalue weighted by Crippen LogP contribution is 2.26. The molecule has 1 aromatic rings. The van der Waals surface area contributed by atoms with Crippen LogP contribution in [0.15, 0.2) is 22.7 Å². The van der Waals surface area contributed by atoms with E-state index >= 15 is 0 Å². The van der Waals surface area contributed by atoms with Gasteiger partial charge in [0.25, 0.3) is 0 Å². The summed E-state index contributed by atoms with van der Waals surface area (Å²) in [5, 5.41) is 0. The maximum atomic E-state index is 11.5. The smallest absolute Gasteiger partial charge is 0.344 e. The lowest BCUT2D eigenvalue weighted by Gasteiger charge is -2.19. The standard InChI is InChI=1S/C13H18BrNO3.2C2H6/c1-13(2,3)18-12(16)8-17-11-5-4-9(7-15)6-10(11)14;2*1-2/h4-6H,7-8,15H2,1-3H3;2*1-2H3. The fourth-order valence-corrected chi connectivity index (χ4v) is 1.84. The number of ether oxygens (including phenoxy) is 2. The third kappa shape index (κ3) is 10.6. The van der Waals surface area contributed by atoms with Crippen LogP contribution in [0.4, 0.5) is 0 Å². The Morgan fingerprint density at radius 3 is 2.14 bits per heavy atom. The minimum Gasteiger partial charge on any atom is -0.481 e. The van der Waals surface area contributed by atoms with E-state index in [0.29, 0.717) is 12.3 Å². The maximum Gasteiger partial charge on any atom is 0.344 e. The van der Waals surface area contributed by atoms with Gasteiger partial charge in [0.2, 0.25) is 0 Å². The number of rotatable bonds is 4. The molecule has 1 aromatic carbocycles. The van der Waals surface area contributed by atoms with Crippen molar-refractivity contribution in [1.82, 2.24) is 0 Å². The van der Waals surface area contributed by atoms with Crippen molar-refractivity contribution >= 4 is 21.9 Å². The first kappa shape index (κ1) is 23.2. The van der Waals surface area contributed by atoms with Crippen LogP contribution in [0.5, 0.6) is 5.75 Å². The van der Waals surface area contributed by atoms with E-state index in [-0.39, 0.29) is 6.61 Å². The minimum absolute atomic E-state index is 0.113. The van der Waals surface area contributed by atoms with Crippen molar-refractivity contribution in [1.29, 1.82) is 0 Å². The van der Waals surface area contributed by atoms with Crippen molar-refractivity contribution in [3.63, 3.8) is 0 Å². The summed E-state index contributed by atoms with van der Waals surface area (Å²) in [6, 6.07) is 5.50. The number of hydrogen-bond acceptors (Lipinski definition) is 4. The topological polar surface area (TPSA) is 61.5 Å². The van der Waals surface area contributed by atoms with E-state index < -0.39 is 11.6 Å². The highest BCUT2D eigenvalue weighted by Gasteiger charge is 2.16. The zero-order valence-corrected chi connectivity index (χ0v) is 16.4. The normalized spacial score (nSPS) is 9.68. The van der Waals surface area contributed by atoms with Crippen LogP contribution < -0.4 is 10.5 Å². The molecule has 4 nitrogen and oxygen atoms in total. The van der Waals surface area contributed by atoms with Gasteiger partial charge in [-0.2, -0.15) is 0 Å². The van der Waals surface area contributed by atoms with E-state index in [1.807, 2.05) is 60.6 Å². The Hall–Kier alpha value is -1.07. The lowest BCUT2D eigenvalue weighted by molar-refractivity contribution is -0.157. The van der Waals surface area contributed by atoms with E-state index in [2.05, 4.69) is 15.9 Å². The van der Waals surface area contributed by atoms with Gasteiger partial charge in [-0.05, 0) is 54.4 Å². The summed E-state index contributed by atoms with van der Waals surface area (Å²) in [5.41, 5.74) is 6.02. The average molecular weight is 376 g/mol. The number of esters is 1. The monoisotopic (exact) mass is 375 g/mol. The molecule has 0 radical (unpaired) electrons. The maximum absolute atomic E-state index is 11.5. The highest BCUT2D eigenvalue weighted by atomic mass is 79.9. The zero-order valence-electron chi connectivity index (χ0n) is 14.8. The second kappa shape index (κ2) is 12.5. The quantitative estimate of drug-likeness (QED) is 0.775. The summed E-state index contributed by atoms with van der Waals surface area (Å²) < 4.78 is 11.3. The van der Waals surface area contributed by atoms with Crippen molar-refractivity contribution in [3.8, 4) is 5.75 Å². The van der Waals surface area contributed by atoms with Gasteiger partial charge >= 0.3 is 5.97 Å². The largest absolute Gasteiger partial charge is 0.481 e. The predicted octanol–water partition coefficient (Wildman–Crippen LogP) is 4.68. The van der Waals surface area contributed by atoms with E-state index in [4.69, 9.17) is 15.2 Å². The molecule has 2 N–H and O–H groups in total. The van der Waals surface area contributed by atoms with Crippen LogP contribution in [0, 0.1) is 0 Å². The van der Waals surface area contributed by atoms with Gasteiger partial charge in [0.1, 0.15) is 11.4 Å². The first-order valence-corrected chi connectivity index (χ1v) is 8.44. The van der Waals surface area contributed by atoms with Gasteiger partial charge in [-0.3, -0.25) is 0 Å². The fourth-order valence-electron chi connectivity index (χ4n) is 1.30. The van der Waals surface area contributed by atoms with Gasteiger partial charge in [0.15, 0.2) is 6.61 Å². The molecular formula is C17H30BrNO3. The van der Waals surface area contributed by atoms with Crippen LogP contribution in [0.3, 0.4) is 0 Å². The third-order valence-electron chi connectivity index (χ3n) is 2.00. The van der Waals surface area contributed by atoms with Crippen molar-refractivity contribution in [3.05, 3.63) is 28.2 Å². The van der Waals surface area contributed by atoms with Crippen molar-refractivity contribution in [2.24, 2.45) is 5.73 Å². The average Bonchev–Trinajstić information content (AvgIpc) is 2.48. The summed E-state index contributed by atoms with van der Waals surface area (Å²) >= 11 is 3.37. The van der Waals surface area contributed by atoms with Crippen molar-refractivity contribution in [2.75, 3.05) is 6.61 Å². The molecule has 1 rings (SSSR count). The molecule has 0 unspecified atom stereocenters. The third-order valence-corrected chi connectivity index (χ3v) is 2.62. The lowest BCUT2D eigenvalue weighted by atomic mass is 10.2. The molecular weight excluding hydrogens is 346 g/mol. The molecule has 0 bridgehead atoms. The summed E-state index contributed by atoms with van der Waals surface area (Å²) in [7, 11) is 0. The van der Waals surface area contributed by atoms with Gasteiger partial charge < -0.3 is 15.2 Å². The molecule has 0 aromatic heterocycles. The molecule has 5 heteroatoms. The first-order chi connectivity index (χ1) is 10.3. The van der Waals surface area contributed by atoms with E-state index in [1.54, 1.807) is 6.07 Å². The Morgan fingerprint density at radius 1 is 1.18 bits per heavy atom. The molecule has 0 saturated carbocycles. The Labute approximate surface area is 143 Å². The number of carbonyl (C=O) groups excluding carboxylic acids is 1. The molecule has 128 valence electrons. The molecule has 0 heterocycles. The second-order valence-corrected chi connectivity index (χ2v) is 5.70. The van der Waals surface area contributed by atoms with Gasteiger partial charge in [0.05, 0.1) is 4.47 Å². The van der Waals surface area contributed by atoms with Crippen molar-refractivity contribution < 1.29 is 14.3 Å². The van der Waals surface area contributed by atoms with Crippen molar-refractivity contribution in [2.45, 2.75) is 60.6 Å². The highest BCUT2D eigenvalue weighted by molar-refractivity contribution is 9.10. The molecule has 0 aliphatic heterocycles. The van der Waals surface area contributed by atoms with Gasteiger partial charge in [-0.1, -0.05) is 33.8 Å². The summed E-state index contributed by atoms with van der Waals surface area (Å²) in [4.78, 5) is 11.5. The zero-order chi connectivity index (χ0) is 17.8. The second-order valence-electron chi connectivity index (χ2n) is 4.84. The van der Waals surface area contributed by atoms with E-state index in [1.165, 1.54) is 0 Å². The Morgan fingerprint density at radius 2 is 1.73 bits per heavy atom. The molecule has 0 spiro atoms. The number of halogens is 1. The SMILES string of the molecule is CC.CC.CC(C)(C)OC(=O)COc1ccc(CN)cc1Br. The number of carbonyl (C=O) groups is 1. The Kier molecular flexibility index (Phi) is 13.2. The molecule has 0 aliphatic carbocycles. The van der Waals surface area contributed by atoms with Crippen LogP contribution in [0.1, 0.15) is 54.0 Å². The summed E-state index contributed by atoms with van der Waals surface area (Å²) in [6.07, 6.45) is 0.